The second kappa shape index (κ2) is 4.85. The number of benzene rings is 1. The summed E-state index contributed by atoms with van der Waals surface area (Å²) >= 11 is 6.00. The molecule has 1 aromatic carbocycles. The van der Waals surface area contributed by atoms with Crippen LogP contribution in [-0.2, 0) is 10.0 Å². The van der Waals surface area contributed by atoms with Crippen molar-refractivity contribution < 1.29 is 17.9 Å². The summed E-state index contributed by atoms with van der Waals surface area (Å²) in [5, 5.41) is 0.0724. The fourth-order valence-electron chi connectivity index (χ4n) is 2.25. The molecule has 0 aromatic heterocycles. The number of ether oxygens (including phenoxy) is 2. The van der Waals surface area contributed by atoms with E-state index in [1.54, 1.807) is 12.1 Å². The van der Waals surface area contributed by atoms with E-state index in [-0.39, 0.29) is 17.1 Å². The first-order chi connectivity index (χ1) is 9.07. The monoisotopic (exact) mass is 303 g/mol. The van der Waals surface area contributed by atoms with Gasteiger partial charge in [-0.2, -0.15) is 4.31 Å². The van der Waals surface area contributed by atoms with Crippen molar-refractivity contribution in [1.29, 1.82) is 0 Å². The zero-order valence-corrected chi connectivity index (χ0v) is 11.8. The van der Waals surface area contributed by atoms with E-state index >= 15 is 0 Å². The van der Waals surface area contributed by atoms with Crippen LogP contribution in [-0.4, -0.2) is 38.0 Å². The van der Waals surface area contributed by atoms with Gasteiger partial charge in [-0.25, -0.2) is 8.42 Å². The van der Waals surface area contributed by atoms with E-state index in [1.807, 2.05) is 0 Å². The summed E-state index contributed by atoms with van der Waals surface area (Å²) in [6.07, 6.45) is 1.37. The molecule has 0 spiro atoms. The van der Waals surface area contributed by atoms with E-state index in [1.165, 1.54) is 10.4 Å². The third kappa shape index (κ3) is 2.40. The predicted molar refractivity (Wildman–Crippen MR) is 70.2 cm³/mol. The summed E-state index contributed by atoms with van der Waals surface area (Å²) in [7, 11) is -3.47. The van der Waals surface area contributed by atoms with Crippen LogP contribution in [0.4, 0.5) is 0 Å². The molecule has 19 heavy (non-hydrogen) atoms. The van der Waals surface area contributed by atoms with E-state index in [2.05, 4.69) is 0 Å². The number of rotatable bonds is 2. The first-order valence-corrected chi connectivity index (χ1v) is 7.99. The Labute approximate surface area is 117 Å². The second-order valence-corrected chi connectivity index (χ2v) is 7.15. The van der Waals surface area contributed by atoms with Crippen LogP contribution < -0.4 is 9.47 Å². The predicted octanol–water partition coefficient (Wildman–Crippen LogP) is 1.81. The SMILES string of the molecule is O=S(=O)(c1ccc2c(c1)OCO2)N1CCC(Cl)CC1. The Balaban J connectivity index is 1.88. The number of alkyl halides is 1. The molecule has 0 amide bonds. The molecular formula is C12H14ClNO4S. The maximum absolute atomic E-state index is 12.5. The Morgan fingerprint density at radius 2 is 1.84 bits per heavy atom. The molecule has 0 unspecified atom stereocenters. The van der Waals surface area contributed by atoms with Crippen LogP contribution in [0.1, 0.15) is 12.8 Å². The molecule has 1 saturated heterocycles. The van der Waals surface area contributed by atoms with Crippen molar-refractivity contribution in [3.8, 4) is 11.5 Å². The lowest BCUT2D eigenvalue weighted by Gasteiger charge is -2.28. The van der Waals surface area contributed by atoms with Gasteiger partial charge in [0.15, 0.2) is 11.5 Å². The van der Waals surface area contributed by atoms with Crippen molar-refractivity contribution in [2.75, 3.05) is 19.9 Å². The van der Waals surface area contributed by atoms with Crippen LogP contribution in [0.25, 0.3) is 0 Å². The molecule has 0 atom stereocenters. The Morgan fingerprint density at radius 1 is 1.16 bits per heavy atom. The van der Waals surface area contributed by atoms with Crippen molar-refractivity contribution in [1.82, 2.24) is 4.31 Å². The van der Waals surface area contributed by atoms with Gasteiger partial charge >= 0.3 is 0 Å². The van der Waals surface area contributed by atoms with Gasteiger partial charge in [-0.05, 0) is 25.0 Å². The minimum atomic E-state index is -3.47. The molecule has 0 radical (unpaired) electrons. The van der Waals surface area contributed by atoms with Gasteiger partial charge in [-0.15, -0.1) is 11.6 Å². The molecule has 1 fully saturated rings. The lowest BCUT2D eigenvalue weighted by molar-refractivity contribution is 0.174. The smallest absolute Gasteiger partial charge is 0.243 e. The standard InChI is InChI=1S/C12H14ClNO4S/c13-9-3-5-14(6-4-9)19(15,16)10-1-2-11-12(7-10)18-8-17-11/h1-2,7,9H,3-6,8H2. The third-order valence-corrected chi connectivity index (χ3v) is 5.70. The highest BCUT2D eigenvalue weighted by molar-refractivity contribution is 7.89. The molecule has 2 aliphatic rings. The largest absolute Gasteiger partial charge is 0.454 e. The molecule has 5 nitrogen and oxygen atoms in total. The van der Waals surface area contributed by atoms with E-state index < -0.39 is 10.0 Å². The summed E-state index contributed by atoms with van der Waals surface area (Å²) in [4.78, 5) is 0.241. The average molecular weight is 304 g/mol. The third-order valence-electron chi connectivity index (χ3n) is 3.37. The average Bonchev–Trinajstić information content (AvgIpc) is 2.86. The molecule has 2 heterocycles. The highest BCUT2D eigenvalue weighted by atomic mass is 35.5. The summed E-state index contributed by atoms with van der Waals surface area (Å²) in [6, 6.07) is 4.70. The van der Waals surface area contributed by atoms with Crippen LogP contribution in [0.2, 0.25) is 0 Å². The van der Waals surface area contributed by atoms with Crippen molar-refractivity contribution >= 4 is 21.6 Å². The van der Waals surface area contributed by atoms with Crippen molar-refractivity contribution in [2.24, 2.45) is 0 Å². The molecule has 0 N–H and O–H groups in total. The van der Waals surface area contributed by atoms with Gasteiger partial charge in [-0.3, -0.25) is 0 Å². The fraction of sp³-hybridized carbons (Fsp3) is 0.500. The Bertz CT molecular complexity index is 581. The number of sulfonamides is 1. The topological polar surface area (TPSA) is 55.8 Å². The van der Waals surface area contributed by atoms with E-state index in [4.69, 9.17) is 21.1 Å². The fourth-order valence-corrected chi connectivity index (χ4v) is 3.93. The number of fused-ring (bicyclic) bond motifs is 1. The Hall–Kier alpha value is -0.980. The van der Waals surface area contributed by atoms with E-state index in [0.29, 0.717) is 37.4 Å². The van der Waals surface area contributed by atoms with Crippen molar-refractivity contribution in [2.45, 2.75) is 23.1 Å². The number of hydrogen-bond acceptors (Lipinski definition) is 4. The maximum atomic E-state index is 12.5. The van der Waals surface area contributed by atoms with Crippen LogP contribution in [0, 0.1) is 0 Å². The number of nitrogens with zero attached hydrogens (tertiary/aromatic N) is 1. The Kier molecular flexibility index (Phi) is 3.32. The maximum Gasteiger partial charge on any atom is 0.243 e. The summed E-state index contributed by atoms with van der Waals surface area (Å²) in [5.74, 6) is 1.06. The molecule has 2 aliphatic heterocycles. The summed E-state index contributed by atoms with van der Waals surface area (Å²) in [6.45, 7) is 1.06. The lowest BCUT2D eigenvalue weighted by Crippen LogP contribution is -2.38. The first-order valence-electron chi connectivity index (χ1n) is 6.11. The molecule has 7 heteroatoms. The zero-order valence-electron chi connectivity index (χ0n) is 10.2. The molecular weight excluding hydrogens is 290 g/mol. The highest BCUT2D eigenvalue weighted by Crippen LogP contribution is 2.35. The van der Waals surface area contributed by atoms with Gasteiger partial charge in [0.2, 0.25) is 16.8 Å². The van der Waals surface area contributed by atoms with Gasteiger partial charge in [0.1, 0.15) is 0 Å². The molecule has 3 rings (SSSR count). The van der Waals surface area contributed by atoms with Gasteiger partial charge in [0.25, 0.3) is 0 Å². The minimum Gasteiger partial charge on any atom is -0.454 e. The van der Waals surface area contributed by atoms with Gasteiger partial charge in [0, 0.05) is 24.5 Å². The molecule has 1 aromatic rings. The Morgan fingerprint density at radius 3 is 2.58 bits per heavy atom. The molecule has 0 aliphatic carbocycles. The van der Waals surface area contributed by atoms with Crippen LogP contribution in [0.15, 0.2) is 23.1 Å². The van der Waals surface area contributed by atoms with Gasteiger partial charge in [-0.1, -0.05) is 0 Å². The summed E-state index contributed by atoms with van der Waals surface area (Å²) < 4.78 is 36.8. The zero-order chi connectivity index (χ0) is 13.5. The minimum absolute atomic E-state index is 0.0724. The number of piperidine rings is 1. The van der Waals surface area contributed by atoms with Gasteiger partial charge < -0.3 is 9.47 Å². The van der Waals surface area contributed by atoms with E-state index in [9.17, 15) is 8.42 Å². The highest BCUT2D eigenvalue weighted by Gasteiger charge is 2.30. The summed E-state index contributed by atoms with van der Waals surface area (Å²) in [5.41, 5.74) is 0. The van der Waals surface area contributed by atoms with E-state index in [0.717, 1.165) is 0 Å². The normalized spacial score (nSPS) is 20.7. The number of hydrogen-bond donors (Lipinski definition) is 0. The van der Waals surface area contributed by atoms with Crippen LogP contribution in [0.5, 0.6) is 11.5 Å². The lowest BCUT2D eigenvalue weighted by atomic mass is 10.2. The molecule has 0 saturated carbocycles. The van der Waals surface area contributed by atoms with Crippen molar-refractivity contribution in [3.63, 3.8) is 0 Å². The first kappa shape index (κ1) is 13.0. The van der Waals surface area contributed by atoms with Crippen LogP contribution >= 0.6 is 11.6 Å². The van der Waals surface area contributed by atoms with Gasteiger partial charge in [0.05, 0.1) is 4.90 Å². The molecule has 104 valence electrons. The van der Waals surface area contributed by atoms with Crippen molar-refractivity contribution in [3.05, 3.63) is 18.2 Å². The quantitative estimate of drug-likeness (QED) is 0.782. The second-order valence-electron chi connectivity index (χ2n) is 4.59. The number of halogens is 1. The van der Waals surface area contributed by atoms with Crippen LogP contribution in [0.3, 0.4) is 0 Å². The molecule has 0 bridgehead atoms.